The van der Waals surface area contributed by atoms with Crippen LogP contribution in [-0.4, -0.2) is 18.5 Å². The lowest BCUT2D eigenvalue weighted by atomic mass is 10.2. The molecule has 1 aromatic carbocycles. The van der Waals surface area contributed by atoms with Crippen LogP contribution in [0.5, 0.6) is 0 Å². The molecule has 1 aromatic rings. The number of amides is 1. The Hall–Kier alpha value is -2.10. The predicted octanol–water partition coefficient (Wildman–Crippen LogP) is 2.77. The molecule has 0 radical (unpaired) electrons. The number of rotatable bonds is 6. The van der Waals surface area contributed by atoms with Crippen LogP contribution >= 0.6 is 0 Å². The molecule has 0 aliphatic carbocycles. The number of nitrogens with one attached hydrogen (secondary N) is 1. The summed E-state index contributed by atoms with van der Waals surface area (Å²) >= 11 is 0. The maximum atomic E-state index is 11.5. The number of esters is 1. The summed E-state index contributed by atoms with van der Waals surface area (Å²) in [6.07, 6.45) is 2.59. The molecule has 0 aliphatic rings. The molecule has 0 bridgehead atoms. The van der Waals surface area contributed by atoms with Crippen molar-refractivity contribution in [2.45, 2.75) is 19.8 Å². The Kier molecular flexibility index (Phi) is 5.64. The third-order valence-electron chi connectivity index (χ3n) is 2.17. The van der Waals surface area contributed by atoms with Gasteiger partial charge in [0.15, 0.2) is 0 Å². The van der Waals surface area contributed by atoms with Crippen molar-refractivity contribution >= 4 is 17.6 Å². The third kappa shape index (κ3) is 4.41. The van der Waals surface area contributed by atoms with E-state index in [4.69, 9.17) is 4.74 Å². The van der Waals surface area contributed by atoms with Crippen molar-refractivity contribution < 1.29 is 14.3 Å². The van der Waals surface area contributed by atoms with E-state index in [9.17, 15) is 9.59 Å². The van der Waals surface area contributed by atoms with E-state index in [1.807, 2.05) is 6.92 Å². The van der Waals surface area contributed by atoms with Gasteiger partial charge in [0.05, 0.1) is 12.2 Å². The fourth-order valence-electron chi connectivity index (χ4n) is 1.31. The second kappa shape index (κ2) is 7.27. The average molecular weight is 247 g/mol. The normalized spacial score (nSPS) is 9.61. The molecule has 0 aromatic heterocycles. The second-order valence-corrected chi connectivity index (χ2v) is 3.75. The number of ether oxygens (including phenoxy) is 1. The lowest BCUT2D eigenvalue weighted by Crippen LogP contribution is -2.10. The van der Waals surface area contributed by atoms with Crippen LogP contribution in [0.15, 0.2) is 36.9 Å². The predicted molar refractivity (Wildman–Crippen MR) is 70.5 cm³/mol. The van der Waals surface area contributed by atoms with Crippen molar-refractivity contribution in [2.24, 2.45) is 0 Å². The molecule has 1 amide bonds. The Bertz CT molecular complexity index is 423. The topological polar surface area (TPSA) is 55.4 Å². The number of anilines is 1. The van der Waals surface area contributed by atoms with Gasteiger partial charge in [0, 0.05) is 12.1 Å². The minimum atomic E-state index is -0.346. The number of hydrogen-bond acceptors (Lipinski definition) is 3. The number of carbonyl (C=O) groups is 2. The van der Waals surface area contributed by atoms with Crippen LogP contribution in [0.25, 0.3) is 0 Å². The fourth-order valence-corrected chi connectivity index (χ4v) is 1.31. The van der Waals surface area contributed by atoms with Gasteiger partial charge in [0.1, 0.15) is 0 Å². The van der Waals surface area contributed by atoms with E-state index in [-0.39, 0.29) is 18.3 Å². The van der Waals surface area contributed by atoms with E-state index < -0.39 is 0 Å². The van der Waals surface area contributed by atoms with Crippen LogP contribution in [0.4, 0.5) is 5.69 Å². The minimum absolute atomic E-state index is 0.133. The van der Waals surface area contributed by atoms with Crippen molar-refractivity contribution in [2.75, 3.05) is 11.9 Å². The number of carbonyl (C=O) groups excluding carboxylic acids is 2. The van der Waals surface area contributed by atoms with Crippen molar-refractivity contribution in [1.82, 2.24) is 0 Å². The standard InChI is InChI=1S/C14H17NO3/c1-3-5-13(16)15-12-8-6-11(7-9-12)14(17)18-10-4-2/h3,6-9H,1,4-5,10H2,2H3,(H,15,16). The molecule has 0 fully saturated rings. The van der Waals surface area contributed by atoms with Gasteiger partial charge < -0.3 is 10.1 Å². The minimum Gasteiger partial charge on any atom is -0.462 e. The Morgan fingerprint density at radius 1 is 1.33 bits per heavy atom. The Balaban J connectivity index is 2.59. The molecule has 0 aliphatic heterocycles. The molecule has 0 unspecified atom stereocenters. The van der Waals surface area contributed by atoms with Gasteiger partial charge in [-0.15, -0.1) is 6.58 Å². The van der Waals surface area contributed by atoms with Gasteiger partial charge >= 0.3 is 5.97 Å². The van der Waals surface area contributed by atoms with E-state index in [0.717, 1.165) is 6.42 Å². The molecule has 18 heavy (non-hydrogen) atoms. The number of hydrogen-bond donors (Lipinski definition) is 1. The maximum Gasteiger partial charge on any atom is 0.338 e. The van der Waals surface area contributed by atoms with Crippen LogP contribution < -0.4 is 5.32 Å². The van der Waals surface area contributed by atoms with E-state index in [2.05, 4.69) is 11.9 Å². The van der Waals surface area contributed by atoms with E-state index >= 15 is 0 Å². The first kappa shape index (κ1) is 14.0. The van der Waals surface area contributed by atoms with Gasteiger partial charge in [0.2, 0.25) is 5.91 Å². The van der Waals surface area contributed by atoms with Gasteiger partial charge in [-0.25, -0.2) is 4.79 Å². The first-order valence-corrected chi connectivity index (χ1v) is 5.85. The molecule has 4 heteroatoms. The summed E-state index contributed by atoms with van der Waals surface area (Å²) in [5.74, 6) is -0.480. The summed E-state index contributed by atoms with van der Waals surface area (Å²) in [5, 5.41) is 2.69. The van der Waals surface area contributed by atoms with Crippen LogP contribution in [-0.2, 0) is 9.53 Å². The summed E-state index contributed by atoms with van der Waals surface area (Å²) in [6, 6.07) is 6.59. The summed E-state index contributed by atoms with van der Waals surface area (Å²) in [4.78, 5) is 22.8. The maximum absolute atomic E-state index is 11.5. The quantitative estimate of drug-likeness (QED) is 0.621. The fraction of sp³-hybridized carbons (Fsp3) is 0.286. The smallest absolute Gasteiger partial charge is 0.338 e. The van der Waals surface area contributed by atoms with Crippen LogP contribution in [0.1, 0.15) is 30.1 Å². The van der Waals surface area contributed by atoms with Gasteiger partial charge in [-0.3, -0.25) is 4.79 Å². The lowest BCUT2D eigenvalue weighted by molar-refractivity contribution is -0.115. The first-order valence-electron chi connectivity index (χ1n) is 5.85. The third-order valence-corrected chi connectivity index (χ3v) is 2.17. The highest BCUT2D eigenvalue weighted by atomic mass is 16.5. The van der Waals surface area contributed by atoms with Crippen molar-refractivity contribution in [3.63, 3.8) is 0 Å². The SMILES string of the molecule is C=CCC(=O)Nc1ccc(C(=O)OCCC)cc1. The molecule has 0 heterocycles. The first-order chi connectivity index (χ1) is 8.67. The Labute approximate surface area is 107 Å². The zero-order chi connectivity index (χ0) is 13.4. The van der Waals surface area contributed by atoms with Gasteiger partial charge in [0.25, 0.3) is 0 Å². The molecule has 0 saturated carbocycles. The van der Waals surface area contributed by atoms with E-state index in [1.165, 1.54) is 6.08 Å². The molecule has 4 nitrogen and oxygen atoms in total. The second-order valence-electron chi connectivity index (χ2n) is 3.75. The van der Waals surface area contributed by atoms with Crippen molar-refractivity contribution in [3.05, 3.63) is 42.5 Å². The zero-order valence-electron chi connectivity index (χ0n) is 10.4. The molecule has 0 saturated heterocycles. The molecule has 1 N–H and O–H groups in total. The molecule has 1 rings (SSSR count). The van der Waals surface area contributed by atoms with Crippen molar-refractivity contribution in [3.8, 4) is 0 Å². The van der Waals surface area contributed by atoms with E-state index in [1.54, 1.807) is 24.3 Å². The van der Waals surface area contributed by atoms with Crippen LogP contribution in [0.3, 0.4) is 0 Å². The van der Waals surface area contributed by atoms with Gasteiger partial charge in [-0.1, -0.05) is 13.0 Å². The average Bonchev–Trinajstić information content (AvgIpc) is 2.37. The highest BCUT2D eigenvalue weighted by Crippen LogP contribution is 2.11. The lowest BCUT2D eigenvalue weighted by Gasteiger charge is -2.05. The zero-order valence-corrected chi connectivity index (χ0v) is 10.4. The Morgan fingerprint density at radius 2 is 2.00 bits per heavy atom. The molecule has 0 atom stereocenters. The summed E-state index contributed by atoms with van der Waals surface area (Å²) in [7, 11) is 0. The molecular formula is C14H17NO3. The summed E-state index contributed by atoms with van der Waals surface area (Å²) < 4.78 is 5.00. The molecular weight excluding hydrogens is 230 g/mol. The molecule has 96 valence electrons. The van der Waals surface area contributed by atoms with Crippen LogP contribution in [0, 0.1) is 0 Å². The highest BCUT2D eigenvalue weighted by molar-refractivity contribution is 5.93. The monoisotopic (exact) mass is 247 g/mol. The summed E-state index contributed by atoms with van der Waals surface area (Å²) in [5.41, 5.74) is 1.12. The largest absolute Gasteiger partial charge is 0.462 e. The van der Waals surface area contributed by atoms with Gasteiger partial charge in [-0.2, -0.15) is 0 Å². The van der Waals surface area contributed by atoms with Crippen molar-refractivity contribution in [1.29, 1.82) is 0 Å². The summed E-state index contributed by atoms with van der Waals surface area (Å²) in [6.45, 7) is 5.84. The highest BCUT2D eigenvalue weighted by Gasteiger charge is 2.06. The Morgan fingerprint density at radius 3 is 2.56 bits per heavy atom. The number of benzene rings is 1. The van der Waals surface area contributed by atoms with Gasteiger partial charge in [-0.05, 0) is 30.7 Å². The molecule has 0 spiro atoms. The van der Waals surface area contributed by atoms with E-state index in [0.29, 0.717) is 17.9 Å². The van der Waals surface area contributed by atoms with Crippen LogP contribution in [0.2, 0.25) is 0 Å².